The number of carbonyl (C=O) groups excluding carboxylic acids is 1. The first-order valence-electron chi connectivity index (χ1n) is 10.5. The van der Waals surface area contributed by atoms with E-state index in [0.717, 1.165) is 48.3 Å². The SMILES string of the molecule is Cc1ccc(C(=O)/C=C/c2cn(CC(O)CN3CCOCC3)c3ccccc23)cc1. The van der Waals surface area contributed by atoms with E-state index in [1.807, 2.05) is 55.6 Å². The van der Waals surface area contributed by atoms with Gasteiger partial charge in [-0.25, -0.2) is 0 Å². The van der Waals surface area contributed by atoms with Crippen LogP contribution in [0.2, 0.25) is 0 Å². The lowest BCUT2D eigenvalue weighted by molar-refractivity contribution is 0.0117. The zero-order valence-electron chi connectivity index (χ0n) is 17.3. The van der Waals surface area contributed by atoms with Crippen LogP contribution in [0.15, 0.2) is 60.8 Å². The fourth-order valence-electron chi connectivity index (χ4n) is 3.91. The molecule has 0 bridgehead atoms. The number of allylic oxidation sites excluding steroid dienone is 1. The van der Waals surface area contributed by atoms with Crippen molar-refractivity contribution < 1.29 is 14.6 Å². The van der Waals surface area contributed by atoms with Gasteiger partial charge in [0.1, 0.15) is 0 Å². The molecule has 0 spiro atoms. The topological polar surface area (TPSA) is 54.7 Å². The van der Waals surface area contributed by atoms with Gasteiger partial charge in [-0.05, 0) is 25.1 Å². The minimum atomic E-state index is -0.468. The molecule has 1 N–H and O–H groups in total. The highest BCUT2D eigenvalue weighted by atomic mass is 16.5. The van der Waals surface area contributed by atoms with Crippen LogP contribution in [0.3, 0.4) is 0 Å². The number of aliphatic hydroxyl groups is 1. The quantitative estimate of drug-likeness (QED) is 0.483. The molecule has 0 saturated carbocycles. The molecule has 0 amide bonds. The van der Waals surface area contributed by atoms with E-state index < -0.39 is 6.10 Å². The summed E-state index contributed by atoms with van der Waals surface area (Å²) in [5.41, 5.74) is 3.85. The number of hydrogen-bond acceptors (Lipinski definition) is 4. The summed E-state index contributed by atoms with van der Waals surface area (Å²) in [5, 5.41) is 11.7. The van der Waals surface area contributed by atoms with E-state index in [9.17, 15) is 9.90 Å². The Hall–Kier alpha value is -2.73. The molecule has 1 aliphatic rings. The van der Waals surface area contributed by atoms with Crippen molar-refractivity contribution in [2.75, 3.05) is 32.8 Å². The molecule has 1 fully saturated rings. The third-order valence-corrected chi connectivity index (χ3v) is 5.55. The van der Waals surface area contributed by atoms with E-state index in [4.69, 9.17) is 4.74 Å². The van der Waals surface area contributed by atoms with Gasteiger partial charge in [0, 0.05) is 54.4 Å². The minimum Gasteiger partial charge on any atom is -0.390 e. The number of aliphatic hydroxyl groups excluding tert-OH is 1. The predicted molar refractivity (Wildman–Crippen MR) is 120 cm³/mol. The van der Waals surface area contributed by atoms with E-state index in [-0.39, 0.29) is 5.78 Å². The summed E-state index contributed by atoms with van der Waals surface area (Å²) in [7, 11) is 0. The summed E-state index contributed by atoms with van der Waals surface area (Å²) in [4.78, 5) is 14.8. The van der Waals surface area contributed by atoms with E-state index in [1.165, 1.54) is 0 Å². The van der Waals surface area contributed by atoms with Gasteiger partial charge in [-0.3, -0.25) is 9.69 Å². The number of fused-ring (bicyclic) bond motifs is 1. The molecule has 5 nitrogen and oxygen atoms in total. The fraction of sp³-hybridized carbons (Fsp3) is 0.320. The lowest BCUT2D eigenvalue weighted by Gasteiger charge is -2.28. The second-order valence-corrected chi connectivity index (χ2v) is 7.88. The number of β-amino-alcohol motifs (C(OH)–C–C–N with tert-alkyl or cyclic N) is 1. The van der Waals surface area contributed by atoms with Gasteiger partial charge >= 0.3 is 0 Å². The number of hydrogen-bond donors (Lipinski definition) is 1. The summed E-state index contributed by atoms with van der Waals surface area (Å²) in [6.45, 7) is 6.32. The Kier molecular flexibility index (Phi) is 6.43. The van der Waals surface area contributed by atoms with Crippen LogP contribution in [0, 0.1) is 6.92 Å². The smallest absolute Gasteiger partial charge is 0.185 e. The first kappa shape index (κ1) is 20.5. The maximum atomic E-state index is 12.5. The Labute approximate surface area is 177 Å². The van der Waals surface area contributed by atoms with Crippen molar-refractivity contribution in [3.05, 3.63) is 77.5 Å². The summed E-state index contributed by atoms with van der Waals surface area (Å²) in [5.74, 6) is -0.0146. The van der Waals surface area contributed by atoms with Gasteiger partial charge in [0.15, 0.2) is 5.78 Å². The number of morpholine rings is 1. The van der Waals surface area contributed by atoms with E-state index in [2.05, 4.69) is 21.6 Å². The molecule has 3 aromatic rings. The predicted octanol–water partition coefficient (Wildman–Crippen LogP) is 3.54. The van der Waals surface area contributed by atoms with Crippen molar-refractivity contribution in [3.8, 4) is 0 Å². The number of ketones is 1. The number of para-hydroxylation sites is 1. The molecule has 156 valence electrons. The first-order valence-corrected chi connectivity index (χ1v) is 10.5. The molecule has 5 heteroatoms. The number of ether oxygens (including phenoxy) is 1. The number of nitrogens with zero attached hydrogens (tertiary/aromatic N) is 2. The third-order valence-electron chi connectivity index (χ3n) is 5.55. The zero-order chi connectivity index (χ0) is 20.9. The summed E-state index contributed by atoms with van der Waals surface area (Å²) >= 11 is 0. The molecule has 0 radical (unpaired) electrons. The highest BCUT2D eigenvalue weighted by Gasteiger charge is 2.16. The standard InChI is InChI=1S/C25H28N2O3/c1-19-6-8-20(9-7-19)25(29)11-10-21-16-27(24-5-3-2-4-23(21)24)18-22(28)17-26-12-14-30-15-13-26/h2-11,16,22,28H,12-15,17-18H2,1H3/b11-10+. The van der Waals surface area contributed by atoms with E-state index in [1.54, 1.807) is 6.08 Å². The van der Waals surface area contributed by atoms with E-state index >= 15 is 0 Å². The lowest BCUT2D eigenvalue weighted by Crippen LogP contribution is -2.41. The largest absolute Gasteiger partial charge is 0.390 e. The van der Waals surface area contributed by atoms with Crippen molar-refractivity contribution in [1.29, 1.82) is 0 Å². The number of aryl methyl sites for hydroxylation is 1. The average Bonchev–Trinajstić information content (AvgIpc) is 3.10. The first-order chi connectivity index (χ1) is 14.6. The van der Waals surface area contributed by atoms with Gasteiger partial charge in [-0.15, -0.1) is 0 Å². The van der Waals surface area contributed by atoms with Crippen molar-refractivity contribution in [1.82, 2.24) is 9.47 Å². The Balaban J connectivity index is 1.51. The van der Waals surface area contributed by atoms with Crippen LogP contribution in [0.1, 0.15) is 21.5 Å². The molecular weight excluding hydrogens is 376 g/mol. The van der Waals surface area contributed by atoms with Crippen LogP contribution < -0.4 is 0 Å². The molecule has 1 aromatic heterocycles. The molecule has 1 saturated heterocycles. The van der Waals surface area contributed by atoms with Crippen LogP contribution in [-0.4, -0.2) is 59.3 Å². The molecular formula is C25H28N2O3. The van der Waals surface area contributed by atoms with Crippen molar-refractivity contribution in [3.63, 3.8) is 0 Å². The molecule has 2 aromatic carbocycles. The minimum absolute atomic E-state index is 0.0146. The molecule has 0 aliphatic carbocycles. The van der Waals surface area contributed by atoms with Gasteiger partial charge in [0.2, 0.25) is 0 Å². The molecule has 4 rings (SSSR count). The lowest BCUT2D eigenvalue weighted by atomic mass is 10.1. The Morgan fingerprint density at radius 2 is 1.83 bits per heavy atom. The number of rotatable bonds is 7. The van der Waals surface area contributed by atoms with Gasteiger partial charge in [0.25, 0.3) is 0 Å². The van der Waals surface area contributed by atoms with Gasteiger partial charge in [0.05, 0.1) is 19.3 Å². The molecule has 30 heavy (non-hydrogen) atoms. The fourth-order valence-corrected chi connectivity index (χ4v) is 3.91. The van der Waals surface area contributed by atoms with Crippen LogP contribution in [0.25, 0.3) is 17.0 Å². The number of aromatic nitrogens is 1. The molecule has 1 aliphatic heterocycles. The van der Waals surface area contributed by atoms with Gasteiger partial charge in [-0.2, -0.15) is 0 Å². The van der Waals surface area contributed by atoms with E-state index in [0.29, 0.717) is 18.7 Å². The maximum Gasteiger partial charge on any atom is 0.185 e. The highest BCUT2D eigenvalue weighted by molar-refractivity contribution is 6.07. The van der Waals surface area contributed by atoms with Crippen LogP contribution in [0.4, 0.5) is 0 Å². The van der Waals surface area contributed by atoms with Gasteiger partial charge < -0.3 is 14.4 Å². The Morgan fingerprint density at radius 1 is 1.10 bits per heavy atom. The summed E-state index contributed by atoms with van der Waals surface area (Å²) < 4.78 is 7.46. The number of benzene rings is 2. The maximum absolute atomic E-state index is 12.5. The third kappa shape index (κ3) is 4.87. The Bertz CT molecular complexity index is 1030. The van der Waals surface area contributed by atoms with Crippen LogP contribution in [0.5, 0.6) is 0 Å². The van der Waals surface area contributed by atoms with Crippen molar-refractivity contribution >= 4 is 22.8 Å². The average molecular weight is 405 g/mol. The second kappa shape index (κ2) is 9.39. The molecule has 1 unspecified atom stereocenters. The molecule has 2 heterocycles. The zero-order valence-corrected chi connectivity index (χ0v) is 17.3. The monoisotopic (exact) mass is 404 g/mol. The van der Waals surface area contributed by atoms with Gasteiger partial charge in [-0.1, -0.05) is 48.0 Å². The molecule has 1 atom stereocenters. The highest BCUT2D eigenvalue weighted by Crippen LogP contribution is 2.23. The van der Waals surface area contributed by atoms with Crippen molar-refractivity contribution in [2.24, 2.45) is 0 Å². The summed E-state index contributed by atoms with van der Waals surface area (Å²) in [6, 6.07) is 15.7. The van der Waals surface area contributed by atoms with Crippen LogP contribution >= 0.6 is 0 Å². The van der Waals surface area contributed by atoms with Crippen LogP contribution in [-0.2, 0) is 11.3 Å². The Morgan fingerprint density at radius 3 is 2.60 bits per heavy atom. The normalized spacial score (nSPS) is 16.3. The second-order valence-electron chi connectivity index (χ2n) is 7.88. The summed E-state index contributed by atoms with van der Waals surface area (Å²) in [6.07, 6.45) is 5.05. The van der Waals surface area contributed by atoms with Crippen molar-refractivity contribution in [2.45, 2.75) is 19.6 Å². The number of carbonyl (C=O) groups is 1.